The Bertz CT molecular complexity index is 643. The van der Waals surface area contributed by atoms with Gasteiger partial charge in [0.2, 0.25) is 8.32 Å². The van der Waals surface area contributed by atoms with Gasteiger partial charge in [-0.2, -0.15) is 0 Å². The predicted molar refractivity (Wildman–Crippen MR) is 129 cm³/mol. The van der Waals surface area contributed by atoms with Crippen molar-refractivity contribution in [1.29, 1.82) is 0 Å². The van der Waals surface area contributed by atoms with E-state index < -0.39 is 8.32 Å². The molecule has 0 radical (unpaired) electrons. The lowest BCUT2D eigenvalue weighted by atomic mass is 9.85. The van der Waals surface area contributed by atoms with Crippen molar-refractivity contribution in [1.82, 2.24) is 0 Å². The van der Waals surface area contributed by atoms with E-state index in [1.54, 1.807) is 0 Å². The molecule has 1 saturated heterocycles. The average molecular weight is 449 g/mol. The van der Waals surface area contributed by atoms with E-state index >= 15 is 0 Å². The van der Waals surface area contributed by atoms with E-state index in [1.807, 2.05) is 6.92 Å². The van der Waals surface area contributed by atoms with Crippen LogP contribution >= 0.6 is 0 Å². The van der Waals surface area contributed by atoms with Crippen molar-refractivity contribution in [2.45, 2.75) is 116 Å². The molecule has 31 heavy (non-hydrogen) atoms. The highest BCUT2D eigenvalue weighted by Crippen LogP contribution is 2.43. The standard InChI is InChI=1S/C26H44O4Si/c1-19(2)31(20(3)4,21(5)6)30-24(18-23-14-13-22(7)17-25(23)27)11-9-8-10-12-26-28-15-16-29-26/h13,19-21,23-24,26H,8,10,12,14-18H2,1-7H3/t23-,24-/m0/s1. The molecule has 0 aromatic rings. The Hall–Kier alpha value is -0.933. The van der Waals surface area contributed by atoms with Crippen LogP contribution in [0.1, 0.15) is 87.0 Å². The molecule has 1 aliphatic heterocycles. The predicted octanol–water partition coefficient (Wildman–Crippen LogP) is 6.41. The highest BCUT2D eigenvalue weighted by molar-refractivity contribution is 6.77. The Balaban J connectivity index is 2.12. The van der Waals surface area contributed by atoms with Crippen molar-refractivity contribution < 1.29 is 18.7 Å². The molecule has 0 aromatic carbocycles. The van der Waals surface area contributed by atoms with Crippen molar-refractivity contribution in [3.63, 3.8) is 0 Å². The average Bonchev–Trinajstić information content (AvgIpc) is 3.20. The maximum absolute atomic E-state index is 12.7. The van der Waals surface area contributed by atoms with Crippen LogP contribution in [-0.4, -0.2) is 39.7 Å². The van der Waals surface area contributed by atoms with E-state index in [0.717, 1.165) is 25.7 Å². The molecule has 0 amide bonds. The maximum Gasteiger partial charge on any atom is 0.202 e. The van der Waals surface area contributed by atoms with E-state index in [0.29, 0.717) is 48.5 Å². The molecule has 0 unspecified atom stereocenters. The highest BCUT2D eigenvalue weighted by Gasteiger charge is 2.46. The first-order valence-corrected chi connectivity index (χ1v) is 14.4. The van der Waals surface area contributed by atoms with Crippen molar-refractivity contribution >= 4 is 14.1 Å². The molecule has 0 aromatic heterocycles. The fraction of sp³-hybridized carbons (Fsp3) is 0.808. The van der Waals surface area contributed by atoms with Gasteiger partial charge in [0.1, 0.15) is 11.9 Å². The molecular formula is C26H44O4Si. The van der Waals surface area contributed by atoms with Crippen LogP contribution < -0.4 is 0 Å². The van der Waals surface area contributed by atoms with Gasteiger partial charge in [0.15, 0.2) is 6.29 Å². The lowest BCUT2D eigenvalue weighted by molar-refractivity contribution is -0.123. The normalized spacial score (nSPS) is 21.5. The van der Waals surface area contributed by atoms with Crippen LogP contribution in [0.5, 0.6) is 0 Å². The van der Waals surface area contributed by atoms with Crippen molar-refractivity contribution in [3.8, 4) is 11.8 Å². The first-order valence-electron chi connectivity index (χ1n) is 12.2. The van der Waals surface area contributed by atoms with E-state index in [1.165, 1.54) is 5.57 Å². The first kappa shape index (κ1) is 26.3. The number of rotatable bonds is 10. The molecule has 0 bridgehead atoms. The maximum atomic E-state index is 12.7. The molecule has 2 rings (SSSR count). The summed E-state index contributed by atoms with van der Waals surface area (Å²) in [5.41, 5.74) is 2.68. The molecule has 0 spiro atoms. The summed E-state index contributed by atoms with van der Waals surface area (Å²) in [5, 5.41) is 0. The third kappa shape index (κ3) is 7.28. The smallest absolute Gasteiger partial charge is 0.202 e. The SMILES string of the molecule is CC1=CC[C@@H](C[C@H](C#CCCCC2OCCO2)O[Si](C(C)C)(C(C)C)C(C)C)C(=O)C1. The number of hydrogen-bond donors (Lipinski definition) is 0. The Kier molecular flexibility index (Phi) is 10.5. The van der Waals surface area contributed by atoms with Crippen LogP contribution in [0.25, 0.3) is 0 Å². The molecule has 1 aliphatic carbocycles. The number of allylic oxidation sites excluding steroid dienone is 2. The number of unbranched alkanes of at least 4 members (excludes halogenated alkanes) is 1. The molecule has 176 valence electrons. The van der Waals surface area contributed by atoms with Crippen LogP contribution in [0.3, 0.4) is 0 Å². The quantitative estimate of drug-likeness (QED) is 0.168. The third-order valence-electron chi connectivity index (χ3n) is 6.91. The lowest BCUT2D eigenvalue weighted by Crippen LogP contribution is -2.50. The number of Topliss-reactive ketones (excluding diaryl/α,β-unsaturated/α-hetero) is 1. The molecule has 0 N–H and O–H groups in total. The second-order valence-electron chi connectivity index (χ2n) is 10.2. The second-order valence-corrected chi connectivity index (χ2v) is 15.6. The Labute approximate surface area is 191 Å². The minimum Gasteiger partial charge on any atom is -0.402 e. The Morgan fingerprint density at radius 2 is 1.71 bits per heavy atom. The zero-order valence-electron chi connectivity index (χ0n) is 20.8. The van der Waals surface area contributed by atoms with Gasteiger partial charge in [-0.25, -0.2) is 0 Å². The topological polar surface area (TPSA) is 44.8 Å². The molecule has 5 heteroatoms. The van der Waals surface area contributed by atoms with Crippen LogP contribution in [-0.2, 0) is 18.7 Å². The molecule has 1 fully saturated rings. The number of ether oxygens (including phenoxy) is 2. The van der Waals surface area contributed by atoms with Crippen molar-refractivity contribution in [2.24, 2.45) is 5.92 Å². The fourth-order valence-electron chi connectivity index (χ4n) is 5.36. The van der Waals surface area contributed by atoms with E-state index in [-0.39, 0.29) is 18.3 Å². The number of hydrogen-bond acceptors (Lipinski definition) is 4. The molecule has 2 aliphatic rings. The van der Waals surface area contributed by atoms with Crippen molar-refractivity contribution in [3.05, 3.63) is 11.6 Å². The minimum absolute atomic E-state index is 0.0291. The van der Waals surface area contributed by atoms with Gasteiger partial charge in [-0.1, -0.05) is 59.1 Å². The Morgan fingerprint density at radius 1 is 1.10 bits per heavy atom. The summed E-state index contributed by atoms with van der Waals surface area (Å²) in [6.07, 6.45) is 6.74. The van der Waals surface area contributed by atoms with E-state index in [4.69, 9.17) is 13.9 Å². The highest BCUT2D eigenvalue weighted by atomic mass is 28.4. The zero-order chi connectivity index (χ0) is 23.0. The molecule has 0 saturated carbocycles. The first-order chi connectivity index (χ1) is 14.7. The number of ketones is 1. The van der Waals surface area contributed by atoms with Crippen molar-refractivity contribution in [2.75, 3.05) is 13.2 Å². The summed E-state index contributed by atoms with van der Waals surface area (Å²) in [4.78, 5) is 12.7. The van der Waals surface area contributed by atoms with E-state index in [2.05, 4.69) is 59.5 Å². The van der Waals surface area contributed by atoms with E-state index in [9.17, 15) is 4.79 Å². The number of carbonyl (C=O) groups is 1. The fourth-order valence-corrected chi connectivity index (χ4v) is 10.8. The largest absolute Gasteiger partial charge is 0.402 e. The molecular weight excluding hydrogens is 404 g/mol. The third-order valence-corrected chi connectivity index (χ3v) is 13.0. The van der Waals surface area contributed by atoms with Crippen LogP contribution in [0.15, 0.2) is 11.6 Å². The Morgan fingerprint density at radius 3 is 2.26 bits per heavy atom. The van der Waals surface area contributed by atoms with Crippen LogP contribution in [0, 0.1) is 17.8 Å². The van der Waals surface area contributed by atoms with Crippen LogP contribution in [0.2, 0.25) is 16.6 Å². The van der Waals surface area contributed by atoms with Crippen LogP contribution in [0.4, 0.5) is 0 Å². The van der Waals surface area contributed by atoms with Gasteiger partial charge in [-0.05, 0) is 49.2 Å². The summed E-state index contributed by atoms with van der Waals surface area (Å²) in [7, 11) is -2.07. The molecule has 2 atom stereocenters. The monoisotopic (exact) mass is 448 g/mol. The van der Waals surface area contributed by atoms with Gasteiger partial charge in [-0.3, -0.25) is 4.79 Å². The van der Waals surface area contributed by atoms with Gasteiger partial charge in [0, 0.05) is 18.8 Å². The molecule has 1 heterocycles. The van der Waals surface area contributed by atoms with Gasteiger partial charge in [0.25, 0.3) is 0 Å². The summed E-state index contributed by atoms with van der Waals surface area (Å²) in [6, 6.07) is 0. The second kappa shape index (κ2) is 12.3. The minimum atomic E-state index is -2.07. The molecule has 4 nitrogen and oxygen atoms in total. The number of carbonyl (C=O) groups excluding carboxylic acids is 1. The lowest BCUT2D eigenvalue weighted by Gasteiger charge is -2.44. The van der Waals surface area contributed by atoms with Gasteiger partial charge >= 0.3 is 0 Å². The van der Waals surface area contributed by atoms with Gasteiger partial charge < -0.3 is 13.9 Å². The summed E-state index contributed by atoms with van der Waals surface area (Å²) in [6.45, 7) is 17.3. The van der Waals surface area contributed by atoms with Gasteiger partial charge in [0.05, 0.1) is 13.2 Å². The zero-order valence-corrected chi connectivity index (χ0v) is 21.8. The summed E-state index contributed by atoms with van der Waals surface area (Å²) >= 11 is 0. The summed E-state index contributed by atoms with van der Waals surface area (Å²) < 4.78 is 18.1. The summed E-state index contributed by atoms with van der Waals surface area (Å²) in [5.74, 6) is 7.20. The van der Waals surface area contributed by atoms with Gasteiger partial charge in [-0.15, -0.1) is 5.92 Å².